The van der Waals surface area contributed by atoms with E-state index in [-0.39, 0.29) is 11.4 Å². The van der Waals surface area contributed by atoms with Gasteiger partial charge in [-0.15, -0.1) is 11.3 Å². The van der Waals surface area contributed by atoms with E-state index in [1.165, 1.54) is 17.4 Å². The molecule has 0 amide bonds. The quantitative estimate of drug-likeness (QED) is 0.789. The van der Waals surface area contributed by atoms with Gasteiger partial charge in [0.05, 0.1) is 13.2 Å². The number of hydrogen-bond acceptors (Lipinski definition) is 5. The summed E-state index contributed by atoms with van der Waals surface area (Å²) in [5.41, 5.74) is 0.840. The average molecular weight is 355 g/mol. The van der Waals surface area contributed by atoms with Crippen molar-refractivity contribution in [3.63, 3.8) is 0 Å². The van der Waals surface area contributed by atoms with Crippen LogP contribution >= 0.6 is 11.3 Å². The lowest BCUT2D eigenvalue weighted by Crippen LogP contribution is -2.23. The zero-order valence-corrected chi connectivity index (χ0v) is 15.1. The fourth-order valence-corrected chi connectivity index (χ4v) is 3.97. The normalized spacial score (nSPS) is 11.4. The Morgan fingerprint density at radius 2 is 1.83 bits per heavy atom. The van der Waals surface area contributed by atoms with Crippen LogP contribution < -0.4 is 14.2 Å². The van der Waals surface area contributed by atoms with E-state index in [1.807, 2.05) is 38.3 Å². The molecule has 2 aromatic rings. The third-order valence-corrected chi connectivity index (χ3v) is 5.45. The second-order valence-corrected chi connectivity index (χ2v) is 7.60. The first-order valence-electron chi connectivity index (χ1n) is 7.40. The van der Waals surface area contributed by atoms with Gasteiger partial charge in [-0.1, -0.05) is 6.07 Å². The first-order chi connectivity index (χ1) is 11.0. The van der Waals surface area contributed by atoms with Crippen molar-refractivity contribution in [3.05, 3.63) is 40.1 Å². The molecule has 1 aromatic heterocycles. The SMILES string of the molecule is CCOc1cc(S(=O)(=O)NCc2cccs2)c(OCC)cc1C. The zero-order valence-electron chi connectivity index (χ0n) is 13.5. The Labute approximate surface area is 141 Å². The molecule has 0 aliphatic carbocycles. The van der Waals surface area contributed by atoms with Gasteiger partial charge in [0.25, 0.3) is 0 Å². The molecular formula is C16H21NO4S2. The molecular weight excluding hydrogens is 334 g/mol. The van der Waals surface area contributed by atoms with Gasteiger partial charge in [0.15, 0.2) is 0 Å². The van der Waals surface area contributed by atoms with Crippen LogP contribution in [0.4, 0.5) is 0 Å². The minimum absolute atomic E-state index is 0.102. The molecule has 0 spiro atoms. The van der Waals surface area contributed by atoms with Crippen molar-refractivity contribution in [1.29, 1.82) is 0 Å². The molecule has 23 heavy (non-hydrogen) atoms. The smallest absolute Gasteiger partial charge is 0.244 e. The van der Waals surface area contributed by atoms with Crippen LogP contribution in [-0.2, 0) is 16.6 Å². The first kappa shape index (κ1) is 17.8. The molecule has 0 bridgehead atoms. The minimum atomic E-state index is -3.70. The number of nitrogens with one attached hydrogen (secondary N) is 1. The van der Waals surface area contributed by atoms with E-state index in [0.29, 0.717) is 24.7 Å². The number of sulfonamides is 1. The maximum Gasteiger partial charge on any atom is 0.244 e. The van der Waals surface area contributed by atoms with E-state index in [2.05, 4.69) is 4.72 Å². The zero-order chi connectivity index (χ0) is 16.9. The number of ether oxygens (including phenoxy) is 2. The molecule has 0 saturated carbocycles. The van der Waals surface area contributed by atoms with Crippen LogP contribution in [0.25, 0.3) is 0 Å². The van der Waals surface area contributed by atoms with Gasteiger partial charge in [-0.05, 0) is 43.8 Å². The van der Waals surface area contributed by atoms with Gasteiger partial charge in [0, 0.05) is 17.5 Å². The Morgan fingerprint density at radius 3 is 2.43 bits per heavy atom. The van der Waals surface area contributed by atoms with E-state index < -0.39 is 10.0 Å². The van der Waals surface area contributed by atoms with Gasteiger partial charge >= 0.3 is 0 Å². The highest BCUT2D eigenvalue weighted by Crippen LogP contribution is 2.32. The number of aryl methyl sites for hydroxylation is 1. The maximum atomic E-state index is 12.6. The highest BCUT2D eigenvalue weighted by molar-refractivity contribution is 7.89. The lowest BCUT2D eigenvalue weighted by Gasteiger charge is -2.15. The molecule has 1 N–H and O–H groups in total. The topological polar surface area (TPSA) is 64.6 Å². The van der Waals surface area contributed by atoms with E-state index in [1.54, 1.807) is 6.07 Å². The summed E-state index contributed by atoms with van der Waals surface area (Å²) in [4.78, 5) is 1.05. The summed E-state index contributed by atoms with van der Waals surface area (Å²) in [7, 11) is -3.70. The summed E-state index contributed by atoms with van der Waals surface area (Å²) < 4.78 is 38.9. The summed E-state index contributed by atoms with van der Waals surface area (Å²) in [5.74, 6) is 0.889. The molecule has 1 aromatic carbocycles. The van der Waals surface area contributed by atoms with Gasteiger partial charge in [-0.25, -0.2) is 13.1 Å². The average Bonchev–Trinajstić information content (AvgIpc) is 3.01. The second kappa shape index (κ2) is 7.81. The van der Waals surface area contributed by atoms with Crippen LogP contribution in [0.15, 0.2) is 34.5 Å². The highest BCUT2D eigenvalue weighted by atomic mass is 32.2. The predicted molar refractivity (Wildman–Crippen MR) is 91.9 cm³/mol. The summed E-state index contributed by atoms with van der Waals surface area (Å²) in [6.07, 6.45) is 0. The monoisotopic (exact) mass is 355 g/mol. The molecule has 0 unspecified atom stereocenters. The van der Waals surface area contributed by atoms with Crippen molar-refractivity contribution >= 4 is 21.4 Å². The van der Waals surface area contributed by atoms with Gasteiger partial charge in [-0.2, -0.15) is 0 Å². The van der Waals surface area contributed by atoms with Gasteiger partial charge in [0.1, 0.15) is 16.4 Å². The van der Waals surface area contributed by atoms with Crippen molar-refractivity contribution in [1.82, 2.24) is 4.72 Å². The number of rotatable bonds is 8. The number of benzene rings is 1. The third-order valence-electron chi connectivity index (χ3n) is 3.15. The number of thiophene rings is 1. The Bertz CT molecular complexity index is 740. The summed E-state index contributed by atoms with van der Waals surface area (Å²) in [6.45, 7) is 6.66. The van der Waals surface area contributed by atoms with Gasteiger partial charge in [0.2, 0.25) is 10.0 Å². The first-order valence-corrected chi connectivity index (χ1v) is 9.76. The Hall–Kier alpha value is -1.57. The van der Waals surface area contributed by atoms with Crippen LogP contribution in [-0.4, -0.2) is 21.6 Å². The molecule has 5 nitrogen and oxygen atoms in total. The van der Waals surface area contributed by atoms with Crippen molar-refractivity contribution in [3.8, 4) is 11.5 Å². The van der Waals surface area contributed by atoms with Crippen LogP contribution in [0, 0.1) is 6.92 Å². The standard InChI is InChI=1S/C16H21NO4S2/c1-4-20-14-10-16(15(21-5-2)9-12(14)3)23(18,19)17-11-13-7-6-8-22-13/h6-10,17H,4-5,11H2,1-3H3. The Kier molecular flexibility index (Phi) is 6.04. The summed E-state index contributed by atoms with van der Waals surface area (Å²) in [5, 5.41) is 1.91. The fourth-order valence-electron chi connectivity index (χ4n) is 2.09. The van der Waals surface area contributed by atoms with Crippen LogP contribution in [0.1, 0.15) is 24.3 Å². The van der Waals surface area contributed by atoms with E-state index in [9.17, 15) is 8.42 Å². The Balaban J connectivity index is 2.35. The maximum absolute atomic E-state index is 12.6. The number of hydrogen-bond donors (Lipinski definition) is 1. The van der Waals surface area contributed by atoms with Crippen LogP contribution in [0.2, 0.25) is 0 Å². The van der Waals surface area contributed by atoms with Gasteiger partial charge in [-0.3, -0.25) is 0 Å². The van der Waals surface area contributed by atoms with Crippen LogP contribution in [0.5, 0.6) is 11.5 Å². The molecule has 0 radical (unpaired) electrons. The molecule has 7 heteroatoms. The largest absolute Gasteiger partial charge is 0.494 e. The third kappa shape index (κ3) is 4.46. The summed E-state index contributed by atoms with van der Waals surface area (Å²) >= 11 is 1.50. The molecule has 1 heterocycles. The van der Waals surface area contributed by atoms with E-state index in [0.717, 1.165) is 10.4 Å². The molecule has 0 aliphatic heterocycles. The minimum Gasteiger partial charge on any atom is -0.494 e. The molecule has 2 rings (SSSR count). The van der Waals surface area contributed by atoms with Crippen LogP contribution in [0.3, 0.4) is 0 Å². The molecule has 0 aliphatic rings. The van der Waals surface area contributed by atoms with Crippen molar-refractivity contribution in [2.24, 2.45) is 0 Å². The second-order valence-electron chi connectivity index (χ2n) is 4.83. The van der Waals surface area contributed by atoms with Crippen molar-refractivity contribution in [2.75, 3.05) is 13.2 Å². The lowest BCUT2D eigenvalue weighted by molar-refractivity contribution is 0.320. The molecule has 0 atom stereocenters. The Morgan fingerprint density at radius 1 is 1.13 bits per heavy atom. The highest BCUT2D eigenvalue weighted by Gasteiger charge is 2.22. The van der Waals surface area contributed by atoms with Gasteiger partial charge < -0.3 is 9.47 Å². The fraction of sp³-hybridized carbons (Fsp3) is 0.375. The summed E-state index contributed by atoms with van der Waals surface area (Å²) in [6, 6.07) is 7.01. The molecule has 126 valence electrons. The molecule has 0 saturated heterocycles. The van der Waals surface area contributed by atoms with Crippen molar-refractivity contribution < 1.29 is 17.9 Å². The van der Waals surface area contributed by atoms with Crippen molar-refractivity contribution in [2.45, 2.75) is 32.2 Å². The molecule has 0 fully saturated rings. The van der Waals surface area contributed by atoms with E-state index >= 15 is 0 Å². The predicted octanol–water partition coefficient (Wildman–Crippen LogP) is 3.33. The van der Waals surface area contributed by atoms with E-state index in [4.69, 9.17) is 9.47 Å². The lowest BCUT2D eigenvalue weighted by atomic mass is 10.2.